The lowest BCUT2D eigenvalue weighted by Crippen LogP contribution is -2.29. The predicted octanol–water partition coefficient (Wildman–Crippen LogP) is 6.02. The Labute approximate surface area is 169 Å². The van der Waals surface area contributed by atoms with Crippen molar-refractivity contribution in [1.29, 1.82) is 0 Å². The molecule has 3 nitrogen and oxygen atoms in total. The molecule has 4 rings (SSSR count). The molecule has 1 N–H and O–H groups in total. The van der Waals surface area contributed by atoms with Crippen LogP contribution in [0.5, 0.6) is 0 Å². The van der Waals surface area contributed by atoms with E-state index in [1.54, 1.807) is 29.2 Å². The van der Waals surface area contributed by atoms with Gasteiger partial charge in [0.1, 0.15) is 17.3 Å². The molecule has 0 saturated carbocycles. The van der Waals surface area contributed by atoms with Crippen molar-refractivity contribution in [3.63, 3.8) is 0 Å². The predicted molar refractivity (Wildman–Crippen MR) is 111 cm³/mol. The number of halogens is 2. The first-order chi connectivity index (χ1) is 13.7. The van der Waals surface area contributed by atoms with Crippen molar-refractivity contribution in [2.24, 2.45) is 11.3 Å². The summed E-state index contributed by atoms with van der Waals surface area (Å²) in [5.74, 6) is -0.658. The first-order valence-electron chi connectivity index (χ1n) is 9.80. The fraction of sp³-hybridized carbons (Fsp3) is 0.292. The topological polar surface area (TPSA) is 32.3 Å². The molecule has 0 aromatic heterocycles. The lowest BCUT2D eigenvalue weighted by molar-refractivity contribution is -0.114. The second-order valence-electron chi connectivity index (χ2n) is 8.70. The molecule has 0 fully saturated rings. The van der Waals surface area contributed by atoms with Crippen LogP contribution in [0.4, 0.5) is 20.2 Å². The van der Waals surface area contributed by atoms with Crippen LogP contribution in [-0.2, 0) is 4.79 Å². The summed E-state index contributed by atoms with van der Waals surface area (Å²) in [6, 6.07) is 12.1. The Kier molecular flexibility index (Phi) is 4.77. The third-order valence-electron chi connectivity index (χ3n) is 5.70. The zero-order valence-electron chi connectivity index (χ0n) is 16.8. The fourth-order valence-electron chi connectivity index (χ4n) is 3.99. The number of carbonyl (C=O) groups excluding carboxylic acids is 1. The molecule has 2 aromatic carbocycles. The number of carbonyl (C=O) groups is 1. The molecule has 1 atom stereocenters. The lowest BCUT2D eigenvalue weighted by Gasteiger charge is -2.34. The minimum absolute atomic E-state index is 0.0777. The quantitative estimate of drug-likeness (QED) is 0.691. The van der Waals surface area contributed by atoms with E-state index in [-0.39, 0.29) is 17.1 Å². The van der Waals surface area contributed by atoms with Crippen molar-refractivity contribution < 1.29 is 13.6 Å². The zero-order chi connectivity index (χ0) is 20.8. The van der Waals surface area contributed by atoms with E-state index >= 15 is 0 Å². The number of fused-ring (bicyclic) bond motifs is 1. The number of nitrogens with one attached hydrogen (secondary N) is 1. The molecular formula is C24H24F2N2O. The number of hydrogen-bond donors (Lipinski definition) is 1. The third-order valence-corrected chi connectivity index (χ3v) is 5.70. The molecule has 1 amide bonds. The van der Waals surface area contributed by atoms with Crippen LogP contribution < -0.4 is 10.2 Å². The fourth-order valence-corrected chi connectivity index (χ4v) is 3.99. The molecule has 150 valence electrons. The number of nitrogens with zero attached hydrogens (tertiary/aromatic N) is 1. The van der Waals surface area contributed by atoms with Gasteiger partial charge < -0.3 is 5.32 Å². The van der Waals surface area contributed by atoms with E-state index in [1.807, 2.05) is 0 Å². The van der Waals surface area contributed by atoms with Crippen molar-refractivity contribution >= 4 is 17.3 Å². The number of amides is 1. The summed E-state index contributed by atoms with van der Waals surface area (Å²) in [5.41, 5.74) is 3.20. The summed E-state index contributed by atoms with van der Waals surface area (Å²) >= 11 is 0. The van der Waals surface area contributed by atoms with Crippen molar-refractivity contribution in [3.05, 3.63) is 83.2 Å². The smallest absolute Gasteiger partial charge is 0.279 e. The van der Waals surface area contributed by atoms with Gasteiger partial charge in [-0.1, -0.05) is 39.0 Å². The minimum atomic E-state index is -0.396. The van der Waals surface area contributed by atoms with Crippen molar-refractivity contribution in [1.82, 2.24) is 0 Å². The summed E-state index contributed by atoms with van der Waals surface area (Å²) in [5, 5.41) is 3.13. The van der Waals surface area contributed by atoms with Crippen molar-refractivity contribution in [2.75, 3.05) is 10.2 Å². The molecule has 0 unspecified atom stereocenters. The molecule has 1 aliphatic carbocycles. The van der Waals surface area contributed by atoms with E-state index < -0.39 is 5.82 Å². The second-order valence-corrected chi connectivity index (χ2v) is 8.70. The highest BCUT2D eigenvalue weighted by Gasteiger charge is 2.41. The van der Waals surface area contributed by atoms with Gasteiger partial charge in [-0.15, -0.1) is 0 Å². The number of anilines is 2. The Morgan fingerprint density at radius 2 is 1.72 bits per heavy atom. The molecule has 0 radical (unpaired) electrons. The van der Waals surface area contributed by atoms with Crippen LogP contribution in [-0.4, -0.2) is 5.91 Å². The maximum atomic E-state index is 13.9. The third kappa shape index (κ3) is 3.69. The molecule has 0 saturated heterocycles. The molecule has 0 spiro atoms. The Bertz CT molecular complexity index is 1030. The highest BCUT2D eigenvalue weighted by Crippen LogP contribution is 2.46. The second kappa shape index (κ2) is 7.14. The molecular weight excluding hydrogens is 370 g/mol. The van der Waals surface area contributed by atoms with E-state index in [2.05, 4.69) is 32.2 Å². The first kappa shape index (κ1) is 19.4. The molecule has 1 heterocycles. The lowest BCUT2D eigenvalue weighted by atomic mass is 9.72. The molecule has 1 aliphatic heterocycles. The molecule has 2 aliphatic rings. The van der Waals surface area contributed by atoms with Gasteiger partial charge in [0.25, 0.3) is 5.91 Å². The standard InChI is InChI=1S/C24H24F2N2O/c1-24(2,3)15-10-11-21-20(12-15)22(27-18-8-4-6-16(25)13-18)23(29)28(21)19-9-5-7-17(26)14-19/h4-9,11,13-15,27H,10,12H2,1-3H3/t15-/m0/s1. The van der Waals surface area contributed by atoms with Crippen LogP contribution in [0.2, 0.25) is 0 Å². The number of allylic oxidation sites excluding steroid dienone is 2. The van der Waals surface area contributed by atoms with Crippen LogP contribution in [0, 0.1) is 23.0 Å². The van der Waals surface area contributed by atoms with E-state index in [0.29, 0.717) is 23.0 Å². The average Bonchev–Trinajstić information content (AvgIpc) is 2.92. The average molecular weight is 394 g/mol. The summed E-state index contributed by atoms with van der Waals surface area (Å²) < 4.78 is 27.5. The van der Waals surface area contributed by atoms with Gasteiger partial charge in [-0.25, -0.2) is 8.78 Å². The van der Waals surface area contributed by atoms with E-state index in [1.165, 1.54) is 24.3 Å². The van der Waals surface area contributed by atoms with Gasteiger partial charge in [0, 0.05) is 11.3 Å². The SMILES string of the molecule is CC(C)(C)[C@H]1CC=C2C(=C(Nc3cccc(F)c3)C(=O)N2c2cccc(F)c2)C1. The number of benzene rings is 2. The van der Waals surface area contributed by atoms with E-state index in [4.69, 9.17) is 0 Å². The molecule has 0 bridgehead atoms. The van der Waals surface area contributed by atoms with E-state index in [9.17, 15) is 13.6 Å². The Morgan fingerprint density at radius 1 is 1.03 bits per heavy atom. The van der Waals surface area contributed by atoms with Crippen molar-refractivity contribution in [2.45, 2.75) is 33.6 Å². The highest BCUT2D eigenvalue weighted by atomic mass is 19.1. The summed E-state index contributed by atoms with van der Waals surface area (Å²) in [4.78, 5) is 14.9. The summed E-state index contributed by atoms with van der Waals surface area (Å²) in [6.07, 6.45) is 3.64. The maximum Gasteiger partial charge on any atom is 0.279 e. The van der Waals surface area contributed by atoms with Gasteiger partial charge in [-0.2, -0.15) is 0 Å². The Morgan fingerprint density at radius 3 is 2.38 bits per heavy atom. The van der Waals surface area contributed by atoms with Gasteiger partial charge >= 0.3 is 0 Å². The van der Waals surface area contributed by atoms with Crippen LogP contribution >= 0.6 is 0 Å². The molecule has 29 heavy (non-hydrogen) atoms. The number of hydrogen-bond acceptors (Lipinski definition) is 2. The minimum Gasteiger partial charge on any atom is -0.351 e. The van der Waals surface area contributed by atoms with Gasteiger partial charge in [-0.05, 0) is 60.6 Å². The Hall–Kier alpha value is -2.95. The van der Waals surface area contributed by atoms with Gasteiger partial charge in [-0.3, -0.25) is 9.69 Å². The zero-order valence-corrected chi connectivity index (χ0v) is 16.8. The van der Waals surface area contributed by atoms with Crippen molar-refractivity contribution in [3.8, 4) is 0 Å². The normalized spacial score (nSPS) is 19.3. The van der Waals surface area contributed by atoms with Gasteiger partial charge in [0.2, 0.25) is 0 Å². The Balaban J connectivity index is 1.79. The molecule has 5 heteroatoms. The van der Waals surface area contributed by atoms with Gasteiger partial charge in [0.15, 0.2) is 0 Å². The first-order valence-corrected chi connectivity index (χ1v) is 9.80. The highest BCUT2D eigenvalue weighted by molar-refractivity contribution is 6.15. The monoisotopic (exact) mass is 394 g/mol. The van der Waals surface area contributed by atoms with Crippen LogP contribution in [0.1, 0.15) is 33.6 Å². The van der Waals surface area contributed by atoms with Gasteiger partial charge in [0.05, 0.1) is 11.4 Å². The van der Waals surface area contributed by atoms with E-state index in [0.717, 1.165) is 24.1 Å². The number of rotatable bonds is 3. The van der Waals surface area contributed by atoms with Crippen LogP contribution in [0.15, 0.2) is 71.6 Å². The largest absolute Gasteiger partial charge is 0.351 e. The summed E-state index contributed by atoms with van der Waals surface area (Å²) in [7, 11) is 0. The van der Waals surface area contributed by atoms with Crippen LogP contribution in [0.25, 0.3) is 0 Å². The molecule has 2 aromatic rings. The maximum absolute atomic E-state index is 13.9. The summed E-state index contributed by atoms with van der Waals surface area (Å²) in [6.45, 7) is 6.58. The van der Waals surface area contributed by atoms with Crippen LogP contribution in [0.3, 0.4) is 0 Å².